The van der Waals surface area contributed by atoms with E-state index in [0.717, 1.165) is 31.8 Å². The third kappa shape index (κ3) is 11.8. The van der Waals surface area contributed by atoms with E-state index < -0.39 is 17.8 Å². The first kappa shape index (κ1) is 35.6. The quantitative estimate of drug-likeness (QED) is 0.124. The fraction of sp³-hybridized carbons (Fsp3) is 0.526. The van der Waals surface area contributed by atoms with Crippen LogP contribution in [0, 0.1) is 0 Å². The van der Waals surface area contributed by atoms with Crippen molar-refractivity contribution in [3.05, 3.63) is 72.8 Å². The molecule has 2 heterocycles. The van der Waals surface area contributed by atoms with Crippen LogP contribution < -0.4 is 28.4 Å². The summed E-state index contributed by atoms with van der Waals surface area (Å²) in [4.78, 5) is 0. The second-order valence-electron chi connectivity index (χ2n) is 13.1. The lowest BCUT2D eigenvalue weighted by molar-refractivity contribution is 0.00417. The molecule has 2 N–H and O–H groups in total. The van der Waals surface area contributed by atoms with Crippen LogP contribution in [0.3, 0.4) is 0 Å². The summed E-state index contributed by atoms with van der Waals surface area (Å²) in [7, 11) is 0. The Balaban J connectivity index is 1.03. The number of aliphatic hydroxyl groups excluding tert-OH is 2. The van der Waals surface area contributed by atoms with Gasteiger partial charge in [-0.3, -0.25) is 0 Å². The predicted octanol–water partition coefficient (Wildman–Crippen LogP) is 6.00. The van der Waals surface area contributed by atoms with Crippen molar-refractivity contribution in [1.29, 1.82) is 0 Å². The molecule has 10 heteroatoms. The molecule has 0 saturated carbocycles. The van der Waals surface area contributed by atoms with Gasteiger partial charge in [0.1, 0.15) is 84.3 Å². The van der Waals surface area contributed by atoms with E-state index in [2.05, 4.69) is 13.8 Å². The van der Waals surface area contributed by atoms with Crippen molar-refractivity contribution >= 4 is 0 Å². The number of benzene rings is 3. The second kappa shape index (κ2) is 16.6. The van der Waals surface area contributed by atoms with Crippen molar-refractivity contribution in [3.63, 3.8) is 0 Å². The van der Waals surface area contributed by atoms with Gasteiger partial charge < -0.3 is 48.1 Å². The van der Waals surface area contributed by atoms with Gasteiger partial charge in [-0.25, -0.2) is 0 Å². The van der Waals surface area contributed by atoms with Gasteiger partial charge in [0.2, 0.25) is 0 Å². The molecule has 2 saturated heterocycles. The summed E-state index contributed by atoms with van der Waals surface area (Å²) < 4.78 is 46.5. The number of rotatable bonds is 22. The topological polar surface area (TPSA) is 121 Å². The molecular formula is C38H50O10. The van der Waals surface area contributed by atoms with E-state index in [1.165, 1.54) is 0 Å². The number of ether oxygens (including phenoxy) is 8. The van der Waals surface area contributed by atoms with Gasteiger partial charge in [0.05, 0.1) is 25.4 Å². The summed E-state index contributed by atoms with van der Waals surface area (Å²) in [5.74, 6) is 3.80. The third-order valence-corrected chi connectivity index (χ3v) is 8.54. The van der Waals surface area contributed by atoms with Crippen molar-refractivity contribution in [3.8, 4) is 34.5 Å². The largest absolute Gasteiger partial charge is 0.491 e. The molecule has 6 atom stereocenters. The fourth-order valence-electron chi connectivity index (χ4n) is 5.20. The summed E-state index contributed by atoms with van der Waals surface area (Å²) in [6.45, 7) is 10.4. The van der Waals surface area contributed by atoms with Gasteiger partial charge in [0, 0.05) is 31.0 Å². The Hall–Kier alpha value is -3.70. The molecule has 0 aromatic heterocycles. The Morgan fingerprint density at radius 1 is 0.625 bits per heavy atom. The fourth-order valence-corrected chi connectivity index (χ4v) is 5.20. The second-order valence-corrected chi connectivity index (χ2v) is 13.1. The molecule has 0 aliphatic carbocycles. The molecule has 5 rings (SSSR count). The summed E-state index contributed by atoms with van der Waals surface area (Å²) in [5, 5.41) is 21.4. The molecule has 6 unspecified atom stereocenters. The van der Waals surface area contributed by atoms with E-state index in [4.69, 9.17) is 37.9 Å². The molecule has 0 amide bonds. The molecule has 0 radical (unpaired) electrons. The van der Waals surface area contributed by atoms with E-state index in [-0.39, 0.29) is 37.6 Å². The molecule has 262 valence electrons. The summed E-state index contributed by atoms with van der Waals surface area (Å²) >= 11 is 0. The van der Waals surface area contributed by atoms with Crippen LogP contribution >= 0.6 is 0 Å². The van der Waals surface area contributed by atoms with Crippen LogP contribution in [0.1, 0.15) is 53.4 Å². The van der Waals surface area contributed by atoms with E-state index in [1.807, 2.05) is 62.4 Å². The Labute approximate surface area is 283 Å². The summed E-state index contributed by atoms with van der Waals surface area (Å²) in [5.41, 5.74) is -0.928. The Bertz CT molecular complexity index is 1430. The molecule has 10 nitrogen and oxygen atoms in total. The van der Waals surface area contributed by atoms with Crippen LogP contribution in [-0.4, -0.2) is 85.5 Å². The highest BCUT2D eigenvalue weighted by molar-refractivity contribution is 5.35. The minimum Gasteiger partial charge on any atom is -0.491 e. The van der Waals surface area contributed by atoms with Gasteiger partial charge in [-0.1, -0.05) is 32.0 Å². The smallest absolute Gasteiger partial charge is 0.123 e. The predicted molar refractivity (Wildman–Crippen MR) is 181 cm³/mol. The number of epoxide rings is 2. The van der Waals surface area contributed by atoms with Crippen molar-refractivity contribution < 1.29 is 48.1 Å². The number of aliphatic hydroxyl groups is 2. The van der Waals surface area contributed by atoms with Gasteiger partial charge in [-0.2, -0.15) is 0 Å². The van der Waals surface area contributed by atoms with E-state index in [9.17, 15) is 10.2 Å². The molecule has 3 aromatic carbocycles. The standard InChI is InChI=1S/C38H50O10/c1-5-37(3,47-33-14-9-13-32(18-33)44-25-36-26-46-36)19-27(39)21-41-29-10-7-11-30(16-29)42-22-28(40)23-43-31-12-8-15-34(17-31)48-38(4,6-2)20-35-24-45-35/h7-18,27-28,35-36,39-40H,5-6,19-26H2,1-4H3. The highest BCUT2D eigenvalue weighted by Gasteiger charge is 2.35. The average molecular weight is 667 g/mol. The highest BCUT2D eigenvalue weighted by Crippen LogP contribution is 2.32. The minimum absolute atomic E-state index is 0.0321. The van der Waals surface area contributed by atoms with Crippen molar-refractivity contribution in [2.75, 3.05) is 39.6 Å². The van der Waals surface area contributed by atoms with Crippen LogP contribution in [0.25, 0.3) is 0 Å². The number of hydrogen-bond acceptors (Lipinski definition) is 10. The molecule has 48 heavy (non-hydrogen) atoms. The Morgan fingerprint density at radius 3 is 1.52 bits per heavy atom. The van der Waals surface area contributed by atoms with Crippen LogP contribution in [-0.2, 0) is 9.47 Å². The first-order chi connectivity index (χ1) is 23.1. The van der Waals surface area contributed by atoms with Gasteiger partial charge >= 0.3 is 0 Å². The molecular weight excluding hydrogens is 616 g/mol. The lowest BCUT2D eigenvalue weighted by Crippen LogP contribution is -2.37. The summed E-state index contributed by atoms with van der Waals surface area (Å²) in [6, 6.07) is 22.1. The number of hydrogen-bond donors (Lipinski definition) is 2. The average Bonchev–Trinajstić information content (AvgIpc) is 4.02. The Morgan fingerprint density at radius 2 is 1.04 bits per heavy atom. The molecule has 3 aromatic rings. The van der Waals surface area contributed by atoms with Gasteiger partial charge in [0.25, 0.3) is 0 Å². The lowest BCUT2D eigenvalue weighted by Gasteiger charge is -2.32. The van der Waals surface area contributed by atoms with Crippen molar-refractivity contribution in [1.82, 2.24) is 0 Å². The zero-order valence-corrected chi connectivity index (χ0v) is 28.5. The summed E-state index contributed by atoms with van der Waals surface area (Å²) in [6.07, 6.45) is 1.58. The molecule has 2 fully saturated rings. The third-order valence-electron chi connectivity index (χ3n) is 8.54. The van der Waals surface area contributed by atoms with E-state index in [0.29, 0.717) is 48.2 Å². The zero-order valence-electron chi connectivity index (χ0n) is 28.5. The van der Waals surface area contributed by atoms with Gasteiger partial charge in [-0.15, -0.1) is 0 Å². The SMILES string of the molecule is CCC(C)(CC(O)COc1cccc(OCC(O)COc2cccc(OC(C)(CC)CC3CO3)c2)c1)Oc1cccc(OCC2CO2)c1. The molecule has 2 aliphatic rings. The van der Waals surface area contributed by atoms with Crippen LogP contribution in [0.2, 0.25) is 0 Å². The molecule has 2 aliphatic heterocycles. The first-order valence-electron chi connectivity index (χ1n) is 16.9. The van der Waals surface area contributed by atoms with Crippen molar-refractivity contribution in [2.24, 2.45) is 0 Å². The van der Waals surface area contributed by atoms with Crippen molar-refractivity contribution in [2.45, 2.75) is 89.0 Å². The van der Waals surface area contributed by atoms with Crippen LogP contribution in [0.4, 0.5) is 0 Å². The minimum atomic E-state index is -0.861. The molecule has 0 bridgehead atoms. The maximum absolute atomic E-state index is 10.8. The lowest BCUT2D eigenvalue weighted by atomic mass is 9.95. The van der Waals surface area contributed by atoms with E-state index >= 15 is 0 Å². The monoisotopic (exact) mass is 666 g/mol. The maximum Gasteiger partial charge on any atom is 0.123 e. The first-order valence-corrected chi connectivity index (χ1v) is 16.9. The highest BCUT2D eigenvalue weighted by atomic mass is 16.6. The van der Waals surface area contributed by atoms with Crippen LogP contribution in [0.5, 0.6) is 34.5 Å². The zero-order chi connectivity index (χ0) is 34.0. The molecule has 0 spiro atoms. The van der Waals surface area contributed by atoms with Gasteiger partial charge in [-0.05, 0) is 63.1 Å². The maximum atomic E-state index is 10.8. The van der Waals surface area contributed by atoms with E-state index in [1.54, 1.807) is 24.3 Å². The normalized spacial score (nSPS) is 20.4. The van der Waals surface area contributed by atoms with Gasteiger partial charge in [0.15, 0.2) is 0 Å². The van der Waals surface area contributed by atoms with Crippen LogP contribution in [0.15, 0.2) is 72.8 Å². The Kier molecular flexibility index (Phi) is 12.3.